The van der Waals surface area contributed by atoms with Gasteiger partial charge in [-0.3, -0.25) is 9.36 Å². The number of thiophene rings is 1. The summed E-state index contributed by atoms with van der Waals surface area (Å²) in [5.41, 5.74) is 2.84. The van der Waals surface area contributed by atoms with E-state index in [1.54, 1.807) is 15.9 Å². The van der Waals surface area contributed by atoms with Gasteiger partial charge in [-0.05, 0) is 38.0 Å². The third kappa shape index (κ3) is 2.19. The molecule has 0 saturated heterocycles. The summed E-state index contributed by atoms with van der Waals surface area (Å²) < 4.78 is 1.64. The van der Waals surface area contributed by atoms with Crippen LogP contribution in [-0.4, -0.2) is 9.55 Å². The van der Waals surface area contributed by atoms with Crippen molar-refractivity contribution in [2.75, 3.05) is 0 Å². The predicted octanol–water partition coefficient (Wildman–Crippen LogP) is 4.11. The van der Waals surface area contributed by atoms with Gasteiger partial charge in [-0.2, -0.15) is 0 Å². The largest absolute Gasteiger partial charge is 0.268 e. The molecule has 2 heterocycles. The van der Waals surface area contributed by atoms with Gasteiger partial charge in [-0.1, -0.05) is 18.2 Å². The minimum Gasteiger partial charge on any atom is -0.268 e. The number of hydrogen-bond acceptors (Lipinski definition) is 3. The summed E-state index contributed by atoms with van der Waals surface area (Å²) in [6.45, 7) is 5.97. The maximum Gasteiger partial charge on any atom is 0.267 e. The van der Waals surface area contributed by atoms with Crippen molar-refractivity contribution >= 4 is 33.2 Å². The Bertz CT molecular complexity index is 895. The number of aromatic nitrogens is 2. The summed E-state index contributed by atoms with van der Waals surface area (Å²) in [6.07, 6.45) is 0. The number of para-hydroxylation sites is 1. The first-order valence-electron chi connectivity index (χ1n) is 6.68. The van der Waals surface area contributed by atoms with Crippen LogP contribution in [0.2, 0.25) is 0 Å². The molecule has 0 amide bonds. The van der Waals surface area contributed by atoms with Crippen LogP contribution in [0, 0.1) is 20.8 Å². The number of hydrogen-bond donors (Lipinski definition) is 0. The van der Waals surface area contributed by atoms with Gasteiger partial charge in [-0.25, -0.2) is 4.98 Å². The number of benzene rings is 1. The molecule has 0 N–H and O–H groups in total. The van der Waals surface area contributed by atoms with E-state index >= 15 is 0 Å². The highest BCUT2D eigenvalue weighted by Crippen LogP contribution is 2.27. The summed E-state index contributed by atoms with van der Waals surface area (Å²) in [6, 6.07) is 7.78. The number of nitrogens with zero attached hydrogens (tertiary/aromatic N) is 2. The molecule has 21 heavy (non-hydrogen) atoms. The first-order valence-corrected chi connectivity index (χ1v) is 8.03. The Hall–Kier alpha value is -1.65. The van der Waals surface area contributed by atoms with E-state index in [9.17, 15) is 4.79 Å². The van der Waals surface area contributed by atoms with Gasteiger partial charge in [0.25, 0.3) is 5.56 Å². The molecule has 3 nitrogen and oxygen atoms in total. The van der Waals surface area contributed by atoms with Crippen LogP contribution in [0.25, 0.3) is 15.9 Å². The lowest BCUT2D eigenvalue weighted by molar-refractivity contribution is 0.877. The SMILES string of the molecule is Cc1ccccc1-n1c(CCl)nc2sc(C)c(C)c2c1=O. The maximum atomic E-state index is 13.0. The third-order valence-corrected chi connectivity index (χ3v) is 5.09. The lowest BCUT2D eigenvalue weighted by Crippen LogP contribution is -2.23. The minimum atomic E-state index is -0.0354. The topological polar surface area (TPSA) is 34.9 Å². The van der Waals surface area contributed by atoms with Crippen LogP contribution in [0.3, 0.4) is 0 Å². The lowest BCUT2D eigenvalue weighted by atomic mass is 10.2. The van der Waals surface area contributed by atoms with Crippen molar-refractivity contribution in [3.05, 3.63) is 56.4 Å². The van der Waals surface area contributed by atoms with Crippen molar-refractivity contribution in [3.63, 3.8) is 0 Å². The van der Waals surface area contributed by atoms with E-state index in [2.05, 4.69) is 4.98 Å². The number of rotatable bonds is 2. The van der Waals surface area contributed by atoms with E-state index in [-0.39, 0.29) is 11.4 Å². The molecular weight excluding hydrogens is 304 g/mol. The Morgan fingerprint density at radius 2 is 1.95 bits per heavy atom. The van der Waals surface area contributed by atoms with Gasteiger partial charge >= 0.3 is 0 Å². The summed E-state index contributed by atoms with van der Waals surface area (Å²) in [4.78, 5) is 19.5. The highest BCUT2D eigenvalue weighted by molar-refractivity contribution is 7.18. The van der Waals surface area contributed by atoms with Crippen LogP contribution < -0.4 is 5.56 Å². The Kier molecular flexibility index (Phi) is 3.59. The van der Waals surface area contributed by atoms with Gasteiger partial charge in [-0.15, -0.1) is 22.9 Å². The van der Waals surface area contributed by atoms with Crippen molar-refractivity contribution in [1.29, 1.82) is 0 Å². The summed E-state index contributed by atoms with van der Waals surface area (Å²) in [7, 11) is 0. The fraction of sp³-hybridized carbons (Fsp3) is 0.250. The second kappa shape index (κ2) is 5.28. The summed E-state index contributed by atoms with van der Waals surface area (Å²) in [5, 5.41) is 0.703. The van der Waals surface area contributed by atoms with E-state index < -0.39 is 0 Å². The number of aryl methyl sites for hydroxylation is 3. The molecule has 3 rings (SSSR count). The standard InChI is InChI=1S/C16H15ClN2OS/c1-9-6-4-5-7-12(9)19-13(8-17)18-15-14(16(19)20)10(2)11(3)21-15/h4-7H,8H2,1-3H3. The zero-order chi connectivity index (χ0) is 15.1. The molecule has 108 valence electrons. The van der Waals surface area contributed by atoms with Crippen molar-refractivity contribution in [2.45, 2.75) is 26.7 Å². The molecule has 2 aromatic heterocycles. The van der Waals surface area contributed by atoms with Crippen LogP contribution in [0.1, 0.15) is 21.8 Å². The van der Waals surface area contributed by atoms with E-state index in [0.29, 0.717) is 11.2 Å². The molecular formula is C16H15ClN2OS. The first kappa shape index (κ1) is 14.3. The molecule has 0 atom stereocenters. The lowest BCUT2D eigenvalue weighted by Gasteiger charge is -2.13. The molecule has 0 fully saturated rings. The predicted molar refractivity (Wildman–Crippen MR) is 89.0 cm³/mol. The maximum absolute atomic E-state index is 13.0. The molecule has 1 aromatic carbocycles. The molecule has 0 aliphatic rings. The molecule has 3 aromatic rings. The van der Waals surface area contributed by atoms with Crippen LogP contribution in [0.15, 0.2) is 29.1 Å². The summed E-state index contributed by atoms with van der Waals surface area (Å²) in [5.74, 6) is 0.792. The van der Waals surface area contributed by atoms with Gasteiger partial charge in [0.1, 0.15) is 10.7 Å². The van der Waals surface area contributed by atoms with Crippen LogP contribution in [0.5, 0.6) is 0 Å². The number of alkyl halides is 1. The highest BCUT2D eigenvalue weighted by Gasteiger charge is 2.17. The first-order chi connectivity index (χ1) is 10.0. The Labute approximate surface area is 131 Å². The molecule has 0 bridgehead atoms. The molecule has 0 spiro atoms. The van der Waals surface area contributed by atoms with E-state index in [1.807, 2.05) is 45.0 Å². The van der Waals surface area contributed by atoms with Crippen LogP contribution in [-0.2, 0) is 5.88 Å². The fourth-order valence-electron chi connectivity index (χ4n) is 2.49. The highest BCUT2D eigenvalue weighted by atomic mass is 35.5. The molecule has 0 aliphatic heterocycles. The average Bonchev–Trinajstić information content (AvgIpc) is 2.75. The monoisotopic (exact) mass is 318 g/mol. The molecule has 0 radical (unpaired) electrons. The van der Waals surface area contributed by atoms with E-state index in [0.717, 1.165) is 26.5 Å². The Balaban J connectivity index is 2.47. The van der Waals surface area contributed by atoms with Gasteiger partial charge in [0.05, 0.1) is 17.0 Å². The number of halogens is 1. The molecule has 0 unspecified atom stereocenters. The summed E-state index contributed by atoms with van der Waals surface area (Å²) >= 11 is 7.58. The zero-order valence-electron chi connectivity index (χ0n) is 12.1. The zero-order valence-corrected chi connectivity index (χ0v) is 13.7. The van der Waals surface area contributed by atoms with Crippen molar-refractivity contribution in [3.8, 4) is 5.69 Å². The van der Waals surface area contributed by atoms with Crippen molar-refractivity contribution < 1.29 is 0 Å². The smallest absolute Gasteiger partial charge is 0.267 e. The second-order valence-electron chi connectivity index (χ2n) is 5.05. The fourth-order valence-corrected chi connectivity index (χ4v) is 3.71. The van der Waals surface area contributed by atoms with Gasteiger partial charge in [0.2, 0.25) is 0 Å². The molecule has 5 heteroatoms. The van der Waals surface area contributed by atoms with E-state index in [4.69, 9.17) is 11.6 Å². The second-order valence-corrected chi connectivity index (χ2v) is 6.52. The number of fused-ring (bicyclic) bond motifs is 1. The van der Waals surface area contributed by atoms with Crippen LogP contribution in [0.4, 0.5) is 0 Å². The quantitative estimate of drug-likeness (QED) is 0.666. The Morgan fingerprint density at radius 3 is 2.62 bits per heavy atom. The van der Waals surface area contributed by atoms with Gasteiger partial charge in [0, 0.05) is 4.88 Å². The molecule has 0 saturated carbocycles. The third-order valence-electron chi connectivity index (χ3n) is 3.75. The molecule has 0 aliphatic carbocycles. The van der Waals surface area contributed by atoms with E-state index in [1.165, 1.54) is 0 Å². The van der Waals surface area contributed by atoms with Gasteiger partial charge < -0.3 is 0 Å². The average molecular weight is 319 g/mol. The minimum absolute atomic E-state index is 0.0354. The van der Waals surface area contributed by atoms with Crippen molar-refractivity contribution in [2.24, 2.45) is 0 Å². The normalized spacial score (nSPS) is 11.2. The van der Waals surface area contributed by atoms with Crippen molar-refractivity contribution in [1.82, 2.24) is 9.55 Å². The van der Waals surface area contributed by atoms with Crippen LogP contribution >= 0.6 is 22.9 Å². The van der Waals surface area contributed by atoms with Gasteiger partial charge in [0.15, 0.2) is 0 Å². The Morgan fingerprint density at radius 1 is 1.24 bits per heavy atom.